The van der Waals surface area contributed by atoms with Crippen molar-refractivity contribution < 1.29 is 18.0 Å². The molecule has 0 atom stereocenters. The smallest absolute Gasteiger partial charge is 0.356 e. The molecule has 0 spiro atoms. The van der Waals surface area contributed by atoms with Crippen molar-refractivity contribution in [2.75, 3.05) is 27.7 Å². The topological polar surface area (TPSA) is 69.6 Å². The Morgan fingerprint density at radius 1 is 1.39 bits per heavy atom. The van der Waals surface area contributed by atoms with Crippen LogP contribution in [0.1, 0.15) is 17.1 Å². The van der Waals surface area contributed by atoms with Crippen LogP contribution >= 0.6 is 35.3 Å². The number of aromatic nitrogens is 1. The fourth-order valence-electron chi connectivity index (χ4n) is 1.41. The quantitative estimate of drug-likeness (QED) is 0.396. The molecule has 6 nitrogen and oxygen atoms in total. The van der Waals surface area contributed by atoms with Crippen molar-refractivity contribution in [3.05, 3.63) is 16.1 Å². The average Bonchev–Trinajstić information content (AvgIpc) is 2.91. The van der Waals surface area contributed by atoms with Crippen molar-refractivity contribution >= 4 is 47.2 Å². The lowest BCUT2D eigenvalue weighted by Crippen LogP contribution is -2.38. The van der Waals surface area contributed by atoms with Gasteiger partial charge in [0.25, 0.3) is 0 Å². The minimum Gasteiger partial charge on any atom is -0.356 e. The van der Waals surface area contributed by atoms with Crippen LogP contribution in [-0.4, -0.2) is 49.4 Å². The normalized spacial score (nSPS) is 11.7. The number of guanidine groups is 1. The number of carbonyl (C=O) groups excluding carboxylic acids is 1. The summed E-state index contributed by atoms with van der Waals surface area (Å²) in [7, 11) is 4.86. The lowest BCUT2D eigenvalue weighted by atomic mass is 10.4. The van der Waals surface area contributed by atoms with Crippen LogP contribution < -0.4 is 10.6 Å². The minimum absolute atomic E-state index is 0. The second-order valence-corrected chi connectivity index (χ2v) is 5.46. The molecule has 0 bridgehead atoms. The number of nitrogens with zero attached hydrogens (tertiary/aromatic N) is 3. The van der Waals surface area contributed by atoms with Crippen molar-refractivity contribution in [3.63, 3.8) is 0 Å². The Morgan fingerprint density at radius 2 is 2.04 bits per heavy atom. The van der Waals surface area contributed by atoms with E-state index in [0.29, 0.717) is 23.9 Å². The highest BCUT2D eigenvalue weighted by atomic mass is 127. The fraction of sp³-hybridized carbons (Fsp3) is 0.583. The number of alkyl halides is 3. The van der Waals surface area contributed by atoms with E-state index in [0.717, 1.165) is 16.7 Å². The van der Waals surface area contributed by atoms with Gasteiger partial charge in [-0.2, -0.15) is 13.2 Å². The first-order valence-electron chi connectivity index (χ1n) is 6.40. The number of amides is 1. The van der Waals surface area contributed by atoms with Crippen molar-refractivity contribution in [3.8, 4) is 0 Å². The summed E-state index contributed by atoms with van der Waals surface area (Å²) in [6.45, 7) is 0.504. The van der Waals surface area contributed by atoms with Gasteiger partial charge >= 0.3 is 6.18 Å². The molecule has 0 fully saturated rings. The molecule has 1 amide bonds. The predicted octanol–water partition coefficient (Wildman–Crippen LogP) is 1.92. The van der Waals surface area contributed by atoms with Gasteiger partial charge in [-0.25, -0.2) is 4.98 Å². The average molecular weight is 465 g/mol. The number of rotatable bonds is 5. The van der Waals surface area contributed by atoms with Crippen LogP contribution in [0.15, 0.2) is 10.4 Å². The third-order valence-electron chi connectivity index (χ3n) is 2.60. The number of nitrogens with one attached hydrogen (secondary N) is 2. The van der Waals surface area contributed by atoms with E-state index >= 15 is 0 Å². The molecule has 0 saturated carbocycles. The van der Waals surface area contributed by atoms with Gasteiger partial charge in [-0.15, -0.1) is 35.3 Å². The van der Waals surface area contributed by atoms with E-state index in [4.69, 9.17) is 0 Å². The van der Waals surface area contributed by atoms with Gasteiger partial charge < -0.3 is 15.5 Å². The molecule has 0 aliphatic carbocycles. The molecule has 1 rings (SSSR count). The SMILES string of the molecule is CN=C(NCCC(=O)N(C)C)NCc1nc(C(F)(F)F)cs1.I. The van der Waals surface area contributed by atoms with Crippen molar-refractivity contribution in [1.29, 1.82) is 0 Å². The van der Waals surface area contributed by atoms with Crippen molar-refractivity contribution in [2.45, 2.75) is 19.1 Å². The molecule has 0 aromatic carbocycles. The van der Waals surface area contributed by atoms with Crippen LogP contribution in [0.4, 0.5) is 13.2 Å². The third kappa shape index (κ3) is 7.81. The van der Waals surface area contributed by atoms with Crippen LogP contribution in [0.25, 0.3) is 0 Å². The van der Waals surface area contributed by atoms with Gasteiger partial charge in [0.05, 0.1) is 6.54 Å². The molecule has 1 heterocycles. The highest BCUT2D eigenvalue weighted by molar-refractivity contribution is 14.0. The summed E-state index contributed by atoms with van der Waals surface area (Å²) < 4.78 is 37.3. The minimum atomic E-state index is -4.43. The highest BCUT2D eigenvalue weighted by Gasteiger charge is 2.33. The molecule has 0 unspecified atom stereocenters. The first-order valence-corrected chi connectivity index (χ1v) is 7.28. The highest BCUT2D eigenvalue weighted by Crippen LogP contribution is 2.29. The number of halogens is 4. The molecule has 0 saturated heterocycles. The van der Waals surface area contributed by atoms with E-state index in [1.807, 2.05) is 0 Å². The zero-order chi connectivity index (χ0) is 16.8. The van der Waals surface area contributed by atoms with Crippen LogP contribution in [0, 0.1) is 0 Å². The Morgan fingerprint density at radius 3 is 2.52 bits per heavy atom. The lowest BCUT2D eigenvalue weighted by Gasteiger charge is -2.13. The maximum Gasteiger partial charge on any atom is 0.434 e. The summed E-state index contributed by atoms with van der Waals surface area (Å²) in [5.74, 6) is 0.369. The zero-order valence-electron chi connectivity index (χ0n) is 12.9. The molecule has 2 N–H and O–H groups in total. The molecular weight excluding hydrogens is 446 g/mol. The largest absolute Gasteiger partial charge is 0.434 e. The lowest BCUT2D eigenvalue weighted by molar-refractivity contribution is -0.140. The summed E-state index contributed by atoms with van der Waals surface area (Å²) in [6.07, 6.45) is -4.13. The Balaban J connectivity index is 0.00000484. The summed E-state index contributed by atoms with van der Waals surface area (Å²) >= 11 is 0.924. The van der Waals surface area contributed by atoms with E-state index in [9.17, 15) is 18.0 Å². The molecule has 1 aromatic heterocycles. The summed E-state index contributed by atoms with van der Waals surface area (Å²) in [4.78, 5) is 20.3. The fourth-order valence-corrected chi connectivity index (χ4v) is 2.15. The summed E-state index contributed by atoms with van der Waals surface area (Å²) in [5, 5.41) is 7.04. The molecule has 0 aliphatic rings. The standard InChI is InChI=1S/C12H18F3N5OS.HI/c1-16-11(17-5-4-10(21)20(2)3)18-6-9-19-8(7-22-9)12(13,14)15;/h7H,4-6H2,1-3H3,(H2,16,17,18);1H. The van der Waals surface area contributed by atoms with Gasteiger partial charge in [-0.05, 0) is 0 Å². The number of hydrogen-bond donors (Lipinski definition) is 2. The summed E-state index contributed by atoms with van der Waals surface area (Å²) in [5.41, 5.74) is -0.895. The Kier molecular flexibility index (Phi) is 9.42. The van der Waals surface area contributed by atoms with E-state index in [-0.39, 0.29) is 36.4 Å². The van der Waals surface area contributed by atoms with E-state index in [1.165, 1.54) is 11.9 Å². The second-order valence-electron chi connectivity index (χ2n) is 4.51. The second kappa shape index (κ2) is 9.90. The monoisotopic (exact) mass is 465 g/mol. The molecule has 23 heavy (non-hydrogen) atoms. The van der Waals surface area contributed by atoms with Crippen LogP contribution in [0.5, 0.6) is 0 Å². The maximum atomic E-state index is 12.4. The summed E-state index contributed by atoms with van der Waals surface area (Å²) in [6, 6.07) is 0. The zero-order valence-corrected chi connectivity index (χ0v) is 16.0. The number of aliphatic imine (C=N–C) groups is 1. The van der Waals surface area contributed by atoms with E-state index in [2.05, 4.69) is 20.6 Å². The van der Waals surface area contributed by atoms with Gasteiger partial charge in [0.2, 0.25) is 5.91 Å². The van der Waals surface area contributed by atoms with Crippen molar-refractivity contribution in [2.24, 2.45) is 4.99 Å². The molecule has 0 aliphatic heterocycles. The van der Waals surface area contributed by atoms with Crippen LogP contribution in [0.3, 0.4) is 0 Å². The van der Waals surface area contributed by atoms with Gasteiger partial charge in [0.15, 0.2) is 11.7 Å². The number of hydrogen-bond acceptors (Lipinski definition) is 4. The molecule has 0 radical (unpaired) electrons. The van der Waals surface area contributed by atoms with Crippen LogP contribution in [0.2, 0.25) is 0 Å². The first kappa shape index (κ1) is 21.9. The van der Waals surface area contributed by atoms with E-state index in [1.54, 1.807) is 14.1 Å². The maximum absolute atomic E-state index is 12.4. The van der Waals surface area contributed by atoms with Gasteiger partial charge in [-0.3, -0.25) is 9.79 Å². The molecule has 1 aromatic rings. The first-order chi connectivity index (χ1) is 10.2. The molecule has 11 heteroatoms. The Bertz CT molecular complexity index is 533. The van der Waals surface area contributed by atoms with Crippen LogP contribution in [-0.2, 0) is 17.5 Å². The Hall–Kier alpha value is -1.11. The van der Waals surface area contributed by atoms with Crippen molar-refractivity contribution in [1.82, 2.24) is 20.5 Å². The van der Waals surface area contributed by atoms with Gasteiger partial charge in [0.1, 0.15) is 5.01 Å². The number of carbonyl (C=O) groups is 1. The Labute approximate surface area is 153 Å². The predicted molar refractivity (Wildman–Crippen MR) is 94.0 cm³/mol. The molecule has 132 valence electrons. The van der Waals surface area contributed by atoms with Gasteiger partial charge in [-0.1, -0.05) is 0 Å². The molecular formula is C12H19F3IN5OS. The van der Waals surface area contributed by atoms with E-state index < -0.39 is 11.9 Å². The third-order valence-corrected chi connectivity index (χ3v) is 3.45. The number of thiazole rings is 1. The van der Waals surface area contributed by atoms with Gasteiger partial charge in [0, 0.05) is 39.5 Å².